The van der Waals surface area contributed by atoms with Crippen molar-refractivity contribution >= 4 is 23.5 Å². The first-order chi connectivity index (χ1) is 16.0. The summed E-state index contributed by atoms with van der Waals surface area (Å²) in [6.07, 6.45) is 2.83. The maximum absolute atomic E-state index is 12.4. The van der Waals surface area contributed by atoms with Crippen LogP contribution in [0.3, 0.4) is 0 Å². The number of urea groups is 1. The number of nitrogens with one attached hydrogen (secondary N) is 3. The Kier molecular flexibility index (Phi) is 7.36. The lowest BCUT2D eigenvalue weighted by Gasteiger charge is -2.24. The number of likely N-dealkylation sites (tertiary alicyclic amines) is 1. The molecule has 2 atom stereocenters. The summed E-state index contributed by atoms with van der Waals surface area (Å²) >= 11 is 0. The van der Waals surface area contributed by atoms with Crippen molar-refractivity contribution in [2.24, 2.45) is 5.92 Å². The van der Waals surface area contributed by atoms with Gasteiger partial charge in [-0.3, -0.25) is 19.8 Å². The molecule has 2 heterocycles. The van der Waals surface area contributed by atoms with Gasteiger partial charge in [0.05, 0.1) is 12.5 Å². The van der Waals surface area contributed by atoms with Gasteiger partial charge in [-0.05, 0) is 54.6 Å². The Hall–Kier alpha value is -3.23. The van der Waals surface area contributed by atoms with E-state index in [4.69, 9.17) is 0 Å². The van der Waals surface area contributed by atoms with Crippen LogP contribution in [0.25, 0.3) is 0 Å². The van der Waals surface area contributed by atoms with Crippen LogP contribution in [0.5, 0.6) is 0 Å². The van der Waals surface area contributed by atoms with Crippen LogP contribution in [0, 0.1) is 5.92 Å². The second-order valence-corrected chi connectivity index (χ2v) is 8.74. The fraction of sp³-hybridized carbons (Fsp3) is 0.400. The van der Waals surface area contributed by atoms with E-state index in [0.717, 1.165) is 42.6 Å². The number of carbonyl (C=O) groups is 3. The Morgan fingerprint density at radius 1 is 1.09 bits per heavy atom. The second kappa shape index (κ2) is 10.6. The molecule has 2 aromatic rings. The predicted octanol–water partition coefficient (Wildman–Crippen LogP) is 2.17. The maximum Gasteiger partial charge on any atom is 0.319 e. The Labute approximate surface area is 193 Å². The van der Waals surface area contributed by atoms with Crippen LogP contribution >= 0.6 is 0 Å². The average molecular weight is 451 g/mol. The molecule has 2 aliphatic rings. The Morgan fingerprint density at radius 3 is 2.55 bits per heavy atom. The number of amides is 4. The van der Waals surface area contributed by atoms with Crippen molar-refractivity contribution in [1.29, 1.82) is 0 Å². The fourth-order valence-electron chi connectivity index (χ4n) is 4.54. The lowest BCUT2D eigenvalue weighted by Crippen LogP contribution is -2.32. The summed E-state index contributed by atoms with van der Waals surface area (Å²) < 4.78 is 0. The molecule has 2 aromatic carbocycles. The number of nitrogens with zero attached hydrogens (tertiary/aromatic N) is 1. The van der Waals surface area contributed by atoms with Gasteiger partial charge in [0.2, 0.25) is 11.8 Å². The van der Waals surface area contributed by atoms with E-state index in [2.05, 4.69) is 26.9 Å². The van der Waals surface area contributed by atoms with Crippen molar-refractivity contribution in [3.63, 3.8) is 0 Å². The standard InChI is InChI=1S/C25H30N4O4/c30-16-22-6-3-11-29(22)15-19-5-2-1-4-18(19)14-26-25(33)27-21-9-7-17(8-10-21)12-20-13-23(31)28-24(20)32/h1-2,4-5,7-10,20,22,30H,3,6,11-16H2,(H2,26,27,33)(H,28,31,32). The Bertz CT molecular complexity index is 1010. The van der Waals surface area contributed by atoms with Crippen molar-refractivity contribution in [2.75, 3.05) is 18.5 Å². The van der Waals surface area contributed by atoms with Crippen molar-refractivity contribution in [3.8, 4) is 0 Å². The van der Waals surface area contributed by atoms with Gasteiger partial charge in [-0.1, -0.05) is 36.4 Å². The number of rotatable bonds is 8. The van der Waals surface area contributed by atoms with Gasteiger partial charge in [0.15, 0.2) is 0 Å². The topological polar surface area (TPSA) is 111 Å². The van der Waals surface area contributed by atoms with Crippen molar-refractivity contribution in [3.05, 3.63) is 65.2 Å². The summed E-state index contributed by atoms with van der Waals surface area (Å²) in [6, 6.07) is 15.2. The molecule has 8 heteroatoms. The molecule has 2 aliphatic heterocycles. The smallest absolute Gasteiger partial charge is 0.319 e. The van der Waals surface area contributed by atoms with Crippen molar-refractivity contribution in [2.45, 2.75) is 44.8 Å². The quantitative estimate of drug-likeness (QED) is 0.461. The zero-order chi connectivity index (χ0) is 23.2. The van der Waals surface area contributed by atoms with Crippen LogP contribution in [0.15, 0.2) is 48.5 Å². The van der Waals surface area contributed by atoms with Crippen LogP contribution in [0.2, 0.25) is 0 Å². The lowest BCUT2D eigenvalue weighted by molar-refractivity contribution is -0.125. The van der Waals surface area contributed by atoms with E-state index in [0.29, 0.717) is 18.7 Å². The lowest BCUT2D eigenvalue weighted by atomic mass is 9.98. The highest BCUT2D eigenvalue weighted by Crippen LogP contribution is 2.22. The molecule has 0 spiro atoms. The average Bonchev–Trinajstić information content (AvgIpc) is 3.39. The van der Waals surface area contributed by atoms with E-state index < -0.39 is 0 Å². The molecule has 4 rings (SSSR count). The summed E-state index contributed by atoms with van der Waals surface area (Å²) in [4.78, 5) is 37.8. The molecule has 4 N–H and O–H groups in total. The van der Waals surface area contributed by atoms with Crippen molar-refractivity contribution in [1.82, 2.24) is 15.5 Å². The molecule has 0 bridgehead atoms. The van der Waals surface area contributed by atoms with Crippen LogP contribution < -0.4 is 16.0 Å². The van der Waals surface area contributed by atoms with E-state index in [1.165, 1.54) is 0 Å². The van der Waals surface area contributed by atoms with Gasteiger partial charge < -0.3 is 15.7 Å². The third-order valence-electron chi connectivity index (χ3n) is 6.40. The maximum atomic E-state index is 12.4. The van der Waals surface area contributed by atoms with E-state index >= 15 is 0 Å². The minimum absolute atomic E-state index is 0.174. The molecule has 0 radical (unpaired) electrons. The van der Waals surface area contributed by atoms with E-state index in [9.17, 15) is 19.5 Å². The molecule has 174 valence electrons. The minimum Gasteiger partial charge on any atom is -0.395 e. The number of benzene rings is 2. The fourth-order valence-corrected chi connectivity index (χ4v) is 4.54. The highest BCUT2D eigenvalue weighted by atomic mass is 16.3. The molecular weight excluding hydrogens is 420 g/mol. The summed E-state index contributed by atoms with van der Waals surface area (Å²) in [5, 5.41) is 17.6. The molecular formula is C25H30N4O4. The van der Waals surface area contributed by atoms with E-state index in [-0.39, 0.29) is 42.8 Å². The van der Waals surface area contributed by atoms with Gasteiger partial charge in [-0.25, -0.2) is 4.79 Å². The highest BCUT2D eigenvalue weighted by molar-refractivity contribution is 6.03. The van der Waals surface area contributed by atoms with Gasteiger partial charge in [0, 0.05) is 31.2 Å². The molecule has 2 unspecified atom stereocenters. The highest BCUT2D eigenvalue weighted by Gasteiger charge is 2.30. The van der Waals surface area contributed by atoms with Crippen LogP contribution in [-0.4, -0.2) is 47.0 Å². The number of hydrogen-bond acceptors (Lipinski definition) is 5. The third kappa shape index (κ3) is 5.97. The Balaban J connectivity index is 1.28. The van der Waals surface area contributed by atoms with Crippen LogP contribution in [0.1, 0.15) is 36.0 Å². The number of aliphatic hydroxyl groups excluding tert-OH is 1. The normalized spacial score (nSPS) is 20.6. The molecule has 0 aromatic heterocycles. The molecule has 0 saturated carbocycles. The van der Waals surface area contributed by atoms with Gasteiger partial charge >= 0.3 is 6.03 Å². The first-order valence-electron chi connectivity index (χ1n) is 11.4. The number of aliphatic hydroxyl groups is 1. The minimum atomic E-state index is -0.326. The largest absolute Gasteiger partial charge is 0.395 e. The Morgan fingerprint density at radius 2 is 1.85 bits per heavy atom. The molecule has 4 amide bonds. The predicted molar refractivity (Wildman–Crippen MR) is 124 cm³/mol. The number of hydrogen-bond donors (Lipinski definition) is 4. The zero-order valence-electron chi connectivity index (χ0n) is 18.5. The summed E-state index contributed by atoms with van der Waals surface area (Å²) in [7, 11) is 0. The van der Waals surface area contributed by atoms with Crippen molar-refractivity contribution < 1.29 is 19.5 Å². The second-order valence-electron chi connectivity index (χ2n) is 8.74. The number of imide groups is 1. The molecule has 33 heavy (non-hydrogen) atoms. The van der Waals surface area contributed by atoms with Gasteiger partial charge in [-0.2, -0.15) is 0 Å². The molecule has 2 saturated heterocycles. The number of anilines is 1. The van der Waals surface area contributed by atoms with E-state index in [1.807, 2.05) is 30.3 Å². The zero-order valence-corrected chi connectivity index (χ0v) is 18.5. The first-order valence-corrected chi connectivity index (χ1v) is 11.4. The SMILES string of the molecule is O=C1CC(Cc2ccc(NC(=O)NCc3ccccc3CN3CCCC3CO)cc2)C(=O)N1. The summed E-state index contributed by atoms with van der Waals surface area (Å²) in [6.45, 7) is 2.32. The molecule has 2 fully saturated rings. The summed E-state index contributed by atoms with van der Waals surface area (Å²) in [5.41, 5.74) is 3.79. The number of carbonyl (C=O) groups excluding carboxylic acids is 3. The van der Waals surface area contributed by atoms with Crippen LogP contribution in [0.4, 0.5) is 10.5 Å². The molecule has 0 aliphatic carbocycles. The third-order valence-corrected chi connectivity index (χ3v) is 6.40. The van der Waals surface area contributed by atoms with E-state index in [1.54, 1.807) is 12.1 Å². The monoisotopic (exact) mass is 450 g/mol. The first kappa shape index (κ1) is 22.9. The molecule has 8 nitrogen and oxygen atoms in total. The summed E-state index contributed by atoms with van der Waals surface area (Å²) in [5.74, 6) is -0.776. The van der Waals surface area contributed by atoms with Gasteiger partial charge in [0.25, 0.3) is 0 Å². The van der Waals surface area contributed by atoms with Gasteiger partial charge in [0.1, 0.15) is 0 Å². The van der Waals surface area contributed by atoms with Crippen LogP contribution in [-0.2, 0) is 29.1 Å². The van der Waals surface area contributed by atoms with Gasteiger partial charge in [-0.15, -0.1) is 0 Å².